The highest BCUT2D eigenvalue weighted by Crippen LogP contribution is 2.51. The molecule has 0 bridgehead atoms. The Morgan fingerprint density at radius 3 is 2.31 bits per heavy atom. The summed E-state index contributed by atoms with van der Waals surface area (Å²) in [6, 6.07) is 19.6. The van der Waals surface area contributed by atoms with E-state index < -0.39 is 28.8 Å². The Labute approximate surface area is 249 Å². The first-order valence-corrected chi connectivity index (χ1v) is 15.7. The fourth-order valence-electron chi connectivity index (χ4n) is 4.94. The number of hydrogen-bond donors (Lipinski definition) is 5. The van der Waals surface area contributed by atoms with Crippen LogP contribution < -0.4 is 29.1 Å². The van der Waals surface area contributed by atoms with Gasteiger partial charge in [-0.1, -0.05) is 30.3 Å². The lowest BCUT2D eigenvalue weighted by atomic mass is 10.00. The van der Waals surface area contributed by atoms with Gasteiger partial charge in [0.2, 0.25) is 0 Å². The van der Waals surface area contributed by atoms with Gasteiger partial charge in [0.25, 0.3) is 5.91 Å². The standard InChI is InChI=1S/C31H41N3O7S/c1-4-41-28-17-24(16-25(18-28)34-11-8-12-42(34,37)38)31(36)33-29(15-22-9-6-5-7-10-22)30(35)21-32-20-23-13-26(39-2)19-27(14-23)40-3/h5-7,9-10,13-14,16-19,29-30,32,35,37-38H,4,8,11-12,15,20-21H2,1-3H3,(H,33,36)/t29-,30+/m0/s1. The van der Waals surface area contributed by atoms with Crippen LogP contribution in [0.2, 0.25) is 0 Å². The third-order valence-corrected chi connectivity index (χ3v) is 8.99. The van der Waals surface area contributed by atoms with Crippen LogP contribution in [0.1, 0.15) is 34.8 Å². The molecule has 228 valence electrons. The fraction of sp³-hybridized carbons (Fsp3) is 0.387. The molecule has 1 aliphatic rings. The number of carbonyl (C=O) groups is 1. The average molecular weight is 600 g/mol. The van der Waals surface area contributed by atoms with E-state index in [-0.39, 0.29) is 12.3 Å². The van der Waals surface area contributed by atoms with Crippen LogP contribution in [0.3, 0.4) is 0 Å². The van der Waals surface area contributed by atoms with Gasteiger partial charge < -0.3 is 30.0 Å². The number of carbonyl (C=O) groups excluding carboxylic acids is 1. The van der Waals surface area contributed by atoms with Gasteiger partial charge >= 0.3 is 0 Å². The molecule has 3 aromatic carbocycles. The molecule has 0 aromatic heterocycles. The zero-order valence-corrected chi connectivity index (χ0v) is 25.1. The lowest BCUT2D eigenvalue weighted by Gasteiger charge is -2.38. The number of nitrogens with one attached hydrogen (secondary N) is 2. The lowest BCUT2D eigenvalue weighted by Crippen LogP contribution is -2.48. The van der Waals surface area contributed by atoms with Crippen molar-refractivity contribution in [2.75, 3.05) is 44.0 Å². The maximum absolute atomic E-state index is 13.6. The van der Waals surface area contributed by atoms with Crippen molar-refractivity contribution in [1.82, 2.24) is 10.6 Å². The second-order valence-electron chi connectivity index (χ2n) is 10.1. The van der Waals surface area contributed by atoms with Crippen LogP contribution in [0, 0.1) is 0 Å². The Morgan fingerprint density at radius 1 is 0.976 bits per heavy atom. The van der Waals surface area contributed by atoms with E-state index in [1.807, 2.05) is 49.4 Å². The predicted octanol–water partition coefficient (Wildman–Crippen LogP) is 4.47. The number of anilines is 1. The number of aliphatic hydroxyl groups excluding tert-OH is 1. The summed E-state index contributed by atoms with van der Waals surface area (Å²) < 4.78 is 39.0. The van der Waals surface area contributed by atoms with Crippen molar-refractivity contribution in [3.63, 3.8) is 0 Å². The van der Waals surface area contributed by atoms with Crippen LogP contribution in [0.5, 0.6) is 17.2 Å². The summed E-state index contributed by atoms with van der Waals surface area (Å²) in [6.07, 6.45) is 0.137. The van der Waals surface area contributed by atoms with Gasteiger partial charge in [0.1, 0.15) is 17.2 Å². The van der Waals surface area contributed by atoms with E-state index in [1.54, 1.807) is 42.8 Å². The monoisotopic (exact) mass is 599 g/mol. The van der Waals surface area contributed by atoms with Gasteiger partial charge in [-0.2, -0.15) is 0 Å². The molecule has 3 aromatic rings. The van der Waals surface area contributed by atoms with E-state index in [0.717, 1.165) is 11.1 Å². The van der Waals surface area contributed by atoms with E-state index in [0.29, 0.717) is 61.0 Å². The summed E-state index contributed by atoms with van der Waals surface area (Å²) in [5.74, 6) is 1.69. The number of rotatable bonds is 14. The number of benzene rings is 3. The smallest absolute Gasteiger partial charge is 0.251 e. The normalized spacial score (nSPS) is 16.4. The summed E-state index contributed by atoms with van der Waals surface area (Å²) >= 11 is 0. The molecule has 10 nitrogen and oxygen atoms in total. The molecule has 0 unspecified atom stereocenters. The number of aliphatic hydroxyl groups is 1. The van der Waals surface area contributed by atoms with Crippen LogP contribution in [-0.2, 0) is 13.0 Å². The summed E-state index contributed by atoms with van der Waals surface area (Å²) in [4.78, 5) is 13.6. The molecule has 0 spiro atoms. The molecule has 1 aliphatic heterocycles. The minimum atomic E-state index is -2.95. The Balaban J connectivity index is 1.51. The zero-order valence-electron chi connectivity index (χ0n) is 24.3. The van der Waals surface area contributed by atoms with Crippen molar-refractivity contribution >= 4 is 22.4 Å². The summed E-state index contributed by atoms with van der Waals surface area (Å²) in [7, 11) is 0.235. The van der Waals surface area contributed by atoms with Gasteiger partial charge in [-0.05, 0) is 55.2 Å². The zero-order chi connectivity index (χ0) is 30.1. The molecule has 0 radical (unpaired) electrons. The molecule has 1 amide bonds. The molecule has 4 rings (SSSR count). The maximum atomic E-state index is 13.6. The lowest BCUT2D eigenvalue weighted by molar-refractivity contribution is 0.0829. The topological polar surface area (TPSA) is 133 Å². The van der Waals surface area contributed by atoms with Gasteiger partial charge in [0.15, 0.2) is 0 Å². The van der Waals surface area contributed by atoms with Crippen molar-refractivity contribution in [3.05, 3.63) is 83.4 Å². The highest BCUT2D eigenvalue weighted by molar-refractivity contribution is 8.25. The van der Waals surface area contributed by atoms with Gasteiger partial charge in [-0.3, -0.25) is 18.2 Å². The molecule has 2 atom stereocenters. The van der Waals surface area contributed by atoms with E-state index in [9.17, 15) is 19.0 Å². The number of ether oxygens (including phenoxy) is 3. The molecule has 0 aliphatic carbocycles. The molecular formula is C31H41N3O7S. The van der Waals surface area contributed by atoms with Crippen molar-refractivity contribution < 1.29 is 33.2 Å². The van der Waals surface area contributed by atoms with E-state index >= 15 is 0 Å². The Hall–Kier alpha value is -3.48. The Kier molecular flexibility index (Phi) is 10.9. The molecule has 0 saturated carbocycles. The maximum Gasteiger partial charge on any atom is 0.251 e. The molecular weight excluding hydrogens is 558 g/mol. The minimum Gasteiger partial charge on any atom is -0.497 e. The largest absolute Gasteiger partial charge is 0.497 e. The Morgan fingerprint density at radius 2 is 1.69 bits per heavy atom. The SMILES string of the molecule is CCOc1cc(C(=O)N[C@@H](Cc2ccccc2)[C@H](O)CNCc2cc(OC)cc(OC)c2)cc(N2CCCS2(O)O)c1. The van der Waals surface area contributed by atoms with Crippen LogP contribution in [-0.4, -0.2) is 71.9 Å². The first-order valence-electron chi connectivity index (χ1n) is 14.0. The summed E-state index contributed by atoms with van der Waals surface area (Å²) in [5, 5.41) is 17.5. The van der Waals surface area contributed by atoms with Gasteiger partial charge in [0, 0.05) is 37.3 Å². The second-order valence-corrected chi connectivity index (χ2v) is 12.2. The van der Waals surface area contributed by atoms with E-state index in [4.69, 9.17) is 14.2 Å². The molecule has 5 N–H and O–H groups in total. The Bertz CT molecular complexity index is 1300. The first-order chi connectivity index (χ1) is 20.2. The number of nitrogens with zero attached hydrogens (tertiary/aromatic N) is 1. The summed E-state index contributed by atoms with van der Waals surface area (Å²) in [6.45, 7) is 3.38. The van der Waals surface area contributed by atoms with Crippen LogP contribution in [0.4, 0.5) is 5.69 Å². The second kappa shape index (κ2) is 14.6. The molecule has 1 saturated heterocycles. The highest BCUT2D eigenvalue weighted by atomic mass is 32.3. The van der Waals surface area contributed by atoms with Crippen molar-refractivity contribution in [3.8, 4) is 17.2 Å². The van der Waals surface area contributed by atoms with Crippen molar-refractivity contribution in [1.29, 1.82) is 0 Å². The third-order valence-electron chi connectivity index (χ3n) is 7.06. The van der Waals surface area contributed by atoms with Crippen LogP contribution >= 0.6 is 10.8 Å². The number of amides is 1. The molecule has 42 heavy (non-hydrogen) atoms. The first kappa shape index (κ1) is 31.5. The fourth-order valence-corrected chi connectivity index (χ4v) is 6.54. The number of hydrogen-bond acceptors (Lipinski definition) is 9. The van der Waals surface area contributed by atoms with Gasteiger partial charge in [-0.15, -0.1) is 10.8 Å². The highest BCUT2D eigenvalue weighted by Gasteiger charge is 2.30. The number of methoxy groups -OCH3 is 2. The van der Waals surface area contributed by atoms with Crippen molar-refractivity contribution in [2.24, 2.45) is 0 Å². The van der Waals surface area contributed by atoms with E-state index in [1.165, 1.54) is 0 Å². The predicted molar refractivity (Wildman–Crippen MR) is 166 cm³/mol. The minimum absolute atomic E-state index is 0.218. The molecule has 1 heterocycles. The summed E-state index contributed by atoms with van der Waals surface area (Å²) in [5.41, 5.74) is 2.71. The van der Waals surface area contributed by atoms with Gasteiger partial charge in [-0.25, -0.2) is 0 Å². The quantitative estimate of drug-likeness (QED) is 0.182. The average Bonchev–Trinajstić information content (AvgIpc) is 3.35. The molecule has 11 heteroatoms. The third kappa shape index (κ3) is 8.30. The molecule has 1 fully saturated rings. The van der Waals surface area contributed by atoms with Crippen LogP contribution in [0.15, 0.2) is 66.7 Å². The van der Waals surface area contributed by atoms with Gasteiger partial charge in [0.05, 0.1) is 44.4 Å². The van der Waals surface area contributed by atoms with Crippen molar-refractivity contribution in [2.45, 2.75) is 38.5 Å². The van der Waals surface area contributed by atoms with E-state index in [2.05, 4.69) is 10.6 Å². The van der Waals surface area contributed by atoms with Crippen LogP contribution in [0.25, 0.3) is 0 Å².